The molecular formula is C20H18Cl2N2O4. The van der Waals surface area contributed by atoms with Crippen LogP contribution in [-0.2, 0) is 13.2 Å². The van der Waals surface area contributed by atoms with E-state index in [4.69, 9.17) is 37.5 Å². The second-order valence-corrected chi connectivity index (χ2v) is 6.82. The molecule has 0 unspecified atom stereocenters. The molecule has 146 valence electrons. The second-order valence-electron chi connectivity index (χ2n) is 5.98. The Bertz CT molecular complexity index is 974. The Morgan fingerprint density at radius 1 is 1.25 bits per heavy atom. The third-order valence-corrected chi connectivity index (χ3v) is 4.59. The molecule has 0 aliphatic heterocycles. The lowest BCUT2D eigenvalue weighted by Crippen LogP contribution is -2.21. The first-order valence-corrected chi connectivity index (χ1v) is 9.31. The normalized spacial score (nSPS) is 10.7. The third-order valence-electron chi connectivity index (χ3n) is 4.05. The minimum Gasteiger partial charge on any atom is -0.482 e. The van der Waals surface area contributed by atoms with Crippen LogP contribution in [0.1, 0.15) is 28.9 Å². The number of carbonyl (C=O) groups is 1. The number of carboxylic acids is 1. The van der Waals surface area contributed by atoms with E-state index in [0.717, 1.165) is 24.1 Å². The third kappa shape index (κ3) is 4.97. The number of aromatic carboxylic acids is 1. The molecule has 0 amide bonds. The quantitative estimate of drug-likeness (QED) is 0.533. The molecule has 28 heavy (non-hydrogen) atoms. The van der Waals surface area contributed by atoms with Crippen LogP contribution in [0, 0.1) is 0 Å². The zero-order chi connectivity index (χ0) is 20.1. The average molecular weight is 421 g/mol. The standard InChI is InChI=1S/C20H18Cl2N2O4/c1-2-24(15-5-3-4-14(21)9-15)10-13-6-7-16(22)18(8-13)27-12-19-23-17(11-28-19)20(25)26/h3-9,11H,2,10,12H2,1H3,(H,25,26). The van der Waals surface area contributed by atoms with Crippen molar-refractivity contribution in [2.24, 2.45) is 0 Å². The maximum atomic E-state index is 10.9. The predicted molar refractivity (Wildman–Crippen MR) is 107 cm³/mol. The number of aromatic nitrogens is 1. The Hall–Kier alpha value is -2.70. The van der Waals surface area contributed by atoms with Crippen LogP contribution in [0.3, 0.4) is 0 Å². The van der Waals surface area contributed by atoms with Gasteiger partial charge in [-0.25, -0.2) is 9.78 Å². The Morgan fingerprint density at radius 3 is 2.75 bits per heavy atom. The number of nitrogens with zero attached hydrogens (tertiary/aromatic N) is 2. The summed E-state index contributed by atoms with van der Waals surface area (Å²) in [5.41, 5.74) is 1.85. The number of anilines is 1. The highest BCUT2D eigenvalue weighted by atomic mass is 35.5. The van der Waals surface area contributed by atoms with Gasteiger partial charge in [-0.05, 0) is 42.8 Å². The molecule has 0 atom stereocenters. The summed E-state index contributed by atoms with van der Waals surface area (Å²) in [4.78, 5) is 16.9. The van der Waals surface area contributed by atoms with Gasteiger partial charge in [0.05, 0.1) is 5.02 Å². The topological polar surface area (TPSA) is 75.8 Å². The molecule has 0 aliphatic carbocycles. The number of oxazole rings is 1. The summed E-state index contributed by atoms with van der Waals surface area (Å²) in [6.45, 7) is 3.49. The Morgan fingerprint density at radius 2 is 2.07 bits per heavy atom. The lowest BCUT2D eigenvalue weighted by molar-refractivity contribution is 0.0690. The fraction of sp³-hybridized carbons (Fsp3) is 0.200. The van der Waals surface area contributed by atoms with Crippen LogP contribution in [0.15, 0.2) is 53.1 Å². The Labute approximate surface area is 172 Å². The van der Waals surface area contributed by atoms with Crippen molar-refractivity contribution in [1.29, 1.82) is 0 Å². The van der Waals surface area contributed by atoms with Crippen molar-refractivity contribution in [3.8, 4) is 5.75 Å². The first-order chi connectivity index (χ1) is 13.5. The molecule has 0 bridgehead atoms. The van der Waals surface area contributed by atoms with Crippen molar-refractivity contribution < 1.29 is 19.1 Å². The molecule has 0 fully saturated rings. The van der Waals surface area contributed by atoms with Gasteiger partial charge in [0.1, 0.15) is 12.0 Å². The second kappa shape index (κ2) is 8.99. The van der Waals surface area contributed by atoms with E-state index in [-0.39, 0.29) is 18.2 Å². The van der Waals surface area contributed by atoms with Crippen molar-refractivity contribution in [3.05, 3.63) is 75.9 Å². The van der Waals surface area contributed by atoms with Crippen molar-refractivity contribution in [2.75, 3.05) is 11.4 Å². The molecule has 0 saturated heterocycles. The van der Waals surface area contributed by atoms with Crippen LogP contribution in [0.4, 0.5) is 5.69 Å². The number of hydrogen-bond acceptors (Lipinski definition) is 5. The fourth-order valence-electron chi connectivity index (χ4n) is 2.65. The lowest BCUT2D eigenvalue weighted by atomic mass is 10.2. The van der Waals surface area contributed by atoms with E-state index in [2.05, 4.69) is 16.8 Å². The number of halogens is 2. The first kappa shape index (κ1) is 20.0. The van der Waals surface area contributed by atoms with Crippen molar-refractivity contribution >= 4 is 34.9 Å². The minimum absolute atomic E-state index is 0.0256. The maximum absolute atomic E-state index is 10.9. The summed E-state index contributed by atoms with van der Waals surface area (Å²) in [5.74, 6) is -0.528. The van der Waals surface area contributed by atoms with Gasteiger partial charge < -0.3 is 19.2 Å². The number of ether oxygens (including phenoxy) is 1. The molecule has 1 heterocycles. The summed E-state index contributed by atoms with van der Waals surface area (Å²) in [6, 6.07) is 13.2. The van der Waals surface area contributed by atoms with Gasteiger partial charge in [-0.3, -0.25) is 0 Å². The molecule has 3 rings (SSSR count). The SMILES string of the molecule is CCN(Cc1ccc(Cl)c(OCc2nc(C(=O)O)co2)c1)c1cccc(Cl)c1. The number of carboxylic acid groups (broad SMARTS) is 1. The molecule has 0 spiro atoms. The van der Waals surface area contributed by atoms with Crippen LogP contribution in [0.25, 0.3) is 0 Å². The van der Waals surface area contributed by atoms with E-state index in [0.29, 0.717) is 22.3 Å². The minimum atomic E-state index is -1.16. The highest BCUT2D eigenvalue weighted by Gasteiger charge is 2.13. The first-order valence-electron chi connectivity index (χ1n) is 8.55. The van der Waals surface area contributed by atoms with E-state index in [1.165, 1.54) is 0 Å². The van der Waals surface area contributed by atoms with Crippen molar-refractivity contribution in [3.63, 3.8) is 0 Å². The summed E-state index contributed by atoms with van der Waals surface area (Å²) in [6.07, 6.45) is 1.07. The molecule has 3 aromatic rings. The van der Waals surface area contributed by atoms with Gasteiger partial charge in [-0.2, -0.15) is 0 Å². The lowest BCUT2D eigenvalue weighted by Gasteiger charge is -2.24. The van der Waals surface area contributed by atoms with Crippen LogP contribution in [0.2, 0.25) is 10.0 Å². The number of hydrogen-bond donors (Lipinski definition) is 1. The largest absolute Gasteiger partial charge is 0.482 e. The molecule has 1 aromatic heterocycles. The van der Waals surface area contributed by atoms with E-state index in [9.17, 15) is 4.79 Å². The van der Waals surface area contributed by atoms with E-state index < -0.39 is 5.97 Å². The van der Waals surface area contributed by atoms with Crippen LogP contribution >= 0.6 is 23.2 Å². The van der Waals surface area contributed by atoms with E-state index in [1.54, 1.807) is 6.07 Å². The van der Waals surface area contributed by atoms with Gasteiger partial charge in [0.15, 0.2) is 12.3 Å². The van der Waals surface area contributed by atoms with Gasteiger partial charge in [-0.1, -0.05) is 35.3 Å². The molecule has 0 aliphatic rings. The summed E-state index contributed by atoms with van der Waals surface area (Å²) in [7, 11) is 0. The molecular weight excluding hydrogens is 403 g/mol. The molecule has 8 heteroatoms. The molecule has 0 saturated carbocycles. The summed E-state index contributed by atoms with van der Waals surface area (Å²) in [5, 5.41) is 10.0. The predicted octanol–water partition coefficient (Wildman–Crippen LogP) is 5.29. The Kier molecular flexibility index (Phi) is 6.44. The Balaban J connectivity index is 1.72. The highest BCUT2D eigenvalue weighted by Crippen LogP contribution is 2.28. The smallest absolute Gasteiger partial charge is 0.357 e. The molecule has 2 aromatic carbocycles. The highest BCUT2D eigenvalue weighted by molar-refractivity contribution is 6.32. The molecule has 0 radical (unpaired) electrons. The summed E-state index contributed by atoms with van der Waals surface area (Å²) >= 11 is 12.3. The zero-order valence-corrected chi connectivity index (χ0v) is 16.6. The summed E-state index contributed by atoms with van der Waals surface area (Å²) < 4.78 is 10.8. The molecule has 1 N–H and O–H groups in total. The van der Waals surface area contributed by atoms with E-state index in [1.807, 2.05) is 36.4 Å². The van der Waals surface area contributed by atoms with Gasteiger partial charge in [0.2, 0.25) is 5.89 Å². The fourth-order valence-corrected chi connectivity index (χ4v) is 3.01. The van der Waals surface area contributed by atoms with Gasteiger partial charge in [-0.15, -0.1) is 0 Å². The number of rotatable bonds is 8. The average Bonchev–Trinajstić information content (AvgIpc) is 3.15. The van der Waals surface area contributed by atoms with Gasteiger partial charge >= 0.3 is 5.97 Å². The van der Waals surface area contributed by atoms with Gasteiger partial charge in [0.25, 0.3) is 0 Å². The van der Waals surface area contributed by atoms with Crippen LogP contribution in [0.5, 0.6) is 5.75 Å². The van der Waals surface area contributed by atoms with Crippen molar-refractivity contribution in [1.82, 2.24) is 4.98 Å². The van der Waals surface area contributed by atoms with Crippen LogP contribution in [-0.4, -0.2) is 22.6 Å². The monoisotopic (exact) mass is 420 g/mol. The molecule has 6 nitrogen and oxygen atoms in total. The maximum Gasteiger partial charge on any atom is 0.357 e. The number of benzene rings is 2. The zero-order valence-electron chi connectivity index (χ0n) is 15.1. The van der Waals surface area contributed by atoms with Crippen LogP contribution < -0.4 is 9.64 Å². The van der Waals surface area contributed by atoms with Crippen molar-refractivity contribution in [2.45, 2.75) is 20.1 Å². The van der Waals surface area contributed by atoms with E-state index >= 15 is 0 Å². The van der Waals surface area contributed by atoms with Gasteiger partial charge in [0, 0.05) is 23.8 Å².